The summed E-state index contributed by atoms with van der Waals surface area (Å²) < 4.78 is 0. The second kappa shape index (κ2) is 6.00. The van der Waals surface area contributed by atoms with Crippen LogP contribution in [0.1, 0.15) is 16.7 Å². The fourth-order valence-electron chi connectivity index (χ4n) is 1.81. The first kappa shape index (κ1) is 13.1. The molecule has 0 bridgehead atoms. The molecule has 1 heterocycles. The smallest absolute Gasteiger partial charge is 0.224 e. The number of aromatic nitrogens is 1. The van der Waals surface area contributed by atoms with E-state index in [1.54, 1.807) is 30.6 Å². The van der Waals surface area contributed by atoms with Crippen molar-refractivity contribution in [2.75, 3.05) is 0 Å². The van der Waals surface area contributed by atoms with E-state index in [4.69, 9.17) is 0 Å². The van der Waals surface area contributed by atoms with Crippen molar-refractivity contribution in [1.29, 1.82) is 0 Å². The van der Waals surface area contributed by atoms with E-state index in [9.17, 15) is 9.90 Å². The van der Waals surface area contributed by atoms with Crippen LogP contribution in [0.5, 0.6) is 5.75 Å². The number of benzene rings is 1. The van der Waals surface area contributed by atoms with Crippen molar-refractivity contribution in [1.82, 2.24) is 10.3 Å². The lowest BCUT2D eigenvalue weighted by molar-refractivity contribution is -0.120. The Morgan fingerprint density at radius 1 is 1.37 bits per heavy atom. The third kappa shape index (κ3) is 3.81. The molecule has 1 aromatic heterocycles. The molecule has 2 rings (SSSR count). The normalized spacial score (nSPS) is 10.2. The first-order valence-corrected chi connectivity index (χ1v) is 6.09. The average Bonchev–Trinajstić information content (AvgIpc) is 2.38. The highest BCUT2D eigenvalue weighted by Crippen LogP contribution is 2.11. The van der Waals surface area contributed by atoms with Gasteiger partial charge in [-0.15, -0.1) is 0 Å². The number of amides is 1. The molecule has 4 nitrogen and oxygen atoms in total. The molecule has 1 aromatic carbocycles. The van der Waals surface area contributed by atoms with Crippen LogP contribution in [0, 0.1) is 6.92 Å². The van der Waals surface area contributed by atoms with Gasteiger partial charge in [0.25, 0.3) is 0 Å². The summed E-state index contributed by atoms with van der Waals surface area (Å²) in [7, 11) is 0. The van der Waals surface area contributed by atoms with Crippen LogP contribution >= 0.6 is 0 Å². The monoisotopic (exact) mass is 256 g/mol. The summed E-state index contributed by atoms with van der Waals surface area (Å²) in [6.07, 6.45) is 3.75. The molecule has 0 aliphatic rings. The zero-order chi connectivity index (χ0) is 13.7. The van der Waals surface area contributed by atoms with Crippen molar-refractivity contribution < 1.29 is 9.90 Å². The Hall–Kier alpha value is -2.36. The van der Waals surface area contributed by atoms with Gasteiger partial charge < -0.3 is 10.4 Å². The summed E-state index contributed by atoms with van der Waals surface area (Å²) in [4.78, 5) is 15.8. The van der Waals surface area contributed by atoms with Crippen LogP contribution < -0.4 is 5.32 Å². The van der Waals surface area contributed by atoms with Crippen molar-refractivity contribution in [3.05, 3.63) is 59.4 Å². The van der Waals surface area contributed by atoms with E-state index in [0.29, 0.717) is 6.54 Å². The predicted octanol–water partition coefficient (Wildman–Crippen LogP) is 1.95. The van der Waals surface area contributed by atoms with Crippen molar-refractivity contribution in [3.8, 4) is 5.75 Å². The summed E-state index contributed by atoms with van der Waals surface area (Å²) in [6, 6.07) is 8.62. The first-order chi connectivity index (χ1) is 9.15. The lowest BCUT2D eigenvalue weighted by atomic mass is 10.1. The van der Waals surface area contributed by atoms with Crippen LogP contribution in [0.3, 0.4) is 0 Å². The van der Waals surface area contributed by atoms with Crippen LogP contribution in [0.15, 0.2) is 42.7 Å². The molecule has 4 heteroatoms. The van der Waals surface area contributed by atoms with Crippen molar-refractivity contribution in [2.45, 2.75) is 19.9 Å². The summed E-state index contributed by atoms with van der Waals surface area (Å²) in [5.41, 5.74) is 2.91. The lowest BCUT2D eigenvalue weighted by Gasteiger charge is -2.07. The summed E-state index contributed by atoms with van der Waals surface area (Å²) in [5.74, 6) is 0.108. The molecule has 0 aliphatic heterocycles. The van der Waals surface area contributed by atoms with Gasteiger partial charge in [0, 0.05) is 18.9 Å². The minimum Gasteiger partial charge on any atom is -0.508 e. The quantitative estimate of drug-likeness (QED) is 0.879. The van der Waals surface area contributed by atoms with Gasteiger partial charge in [-0.3, -0.25) is 9.78 Å². The number of phenols is 1. The number of nitrogens with one attached hydrogen (secondary N) is 1. The van der Waals surface area contributed by atoms with E-state index in [0.717, 1.165) is 16.7 Å². The Labute approximate surface area is 112 Å². The summed E-state index contributed by atoms with van der Waals surface area (Å²) in [5, 5.41) is 12.2. The number of aromatic hydroxyl groups is 1. The van der Waals surface area contributed by atoms with Gasteiger partial charge in [-0.05, 0) is 41.8 Å². The second-order valence-electron chi connectivity index (χ2n) is 4.43. The van der Waals surface area contributed by atoms with Gasteiger partial charge in [-0.2, -0.15) is 0 Å². The summed E-state index contributed by atoms with van der Waals surface area (Å²) in [6.45, 7) is 2.45. The number of hydrogen-bond acceptors (Lipinski definition) is 3. The summed E-state index contributed by atoms with van der Waals surface area (Å²) >= 11 is 0. The average molecular weight is 256 g/mol. The standard InChI is InChI=1S/C15H16N2O2/c1-11-9-16-6-5-13(11)10-17-15(19)8-12-3-2-4-14(18)7-12/h2-7,9,18H,8,10H2,1H3,(H,17,19). The van der Waals surface area contributed by atoms with E-state index in [1.165, 1.54) is 0 Å². The predicted molar refractivity (Wildman–Crippen MR) is 72.6 cm³/mol. The molecule has 0 radical (unpaired) electrons. The van der Waals surface area contributed by atoms with Gasteiger partial charge in [0.05, 0.1) is 6.42 Å². The zero-order valence-electron chi connectivity index (χ0n) is 10.8. The number of hydrogen-bond donors (Lipinski definition) is 2. The Morgan fingerprint density at radius 3 is 2.95 bits per heavy atom. The number of pyridine rings is 1. The molecule has 0 saturated carbocycles. The minimum absolute atomic E-state index is 0.0678. The molecule has 2 aromatic rings. The van der Waals surface area contributed by atoms with Gasteiger partial charge in [0.1, 0.15) is 5.75 Å². The third-order valence-corrected chi connectivity index (χ3v) is 2.89. The topological polar surface area (TPSA) is 62.2 Å². The second-order valence-corrected chi connectivity index (χ2v) is 4.43. The molecular formula is C15H16N2O2. The van der Waals surface area contributed by atoms with Crippen molar-refractivity contribution in [3.63, 3.8) is 0 Å². The zero-order valence-corrected chi connectivity index (χ0v) is 10.8. The van der Waals surface area contributed by atoms with E-state index in [-0.39, 0.29) is 18.1 Å². The van der Waals surface area contributed by atoms with Gasteiger partial charge in [0.15, 0.2) is 0 Å². The van der Waals surface area contributed by atoms with Crippen LogP contribution in [0.2, 0.25) is 0 Å². The van der Waals surface area contributed by atoms with Crippen LogP contribution in [0.25, 0.3) is 0 Å². The Morgan fingerprint density at radius 2 is 2.21 bits per heavy atom. The molecule has 0 fully saturated rings. The number of carbonyl (C=O) groups is 1. The van der Waals surface area contributed by atoms with Crippen LogP contribution in [-0.2, 0) is 17.8 Å². The maximum Gasteiger partial charge on any atom is 0.224 e. The largest absolute Gasteiger partial charge is 0.508 e. The molecule has 98 valence electrons. The van der Waals surface area contributed by atoms with Crippen molar-refractivity contribution in [2.24, 2.45) is 0 Å². The highest BCUT2D eigenvalue weighted by Gasteiger charge is 2.05. The fourth-order valence-corrected chi connectivity index (χ4v) is 1.81. The van der Waals surface area contributed by atoms with E-state index >= 15 is 0 Å². The SMILES string of the molecule is Cc1cnccc1CNC(=O)Cc1cccc(O)c1. The molecule has 19 heavy (non-hydrogen) atoms. The molecule has 2 N–H and O–H groups in total. The van der Waals surface area contributed by atoms with E-state index in [1.807, 2.05) is 19.1 Å². The number of nitrogens with zero attached hydrogens (tertiary/aromatic N) is 1. The molecule has 1 amide bonds. The highest BCUT2D eigenvalue weighted by atomic mass is 16.3. The Kier molecular flexibility index (Phi) is 4.13. The molecule has 0 atom stereocenters. The van der Waals surface area contributed by atoms with Crippen LogP contribution in [0.4, 0.5) is 0 Å². The lowest BCUT2D eigenvalue weighted by Crippen LogP contribution is -2.24. The number of phenolic OH excluding ortho intramolecular Hbond substituents is 1. The maximum atomic E-state index is 11.8. The van der Waals surface area contributed by atoms with Crippen molar-refractivity contribution >= 4 is 5.91 Å². The van der Waals surface area contributed by atoms with Gasteiger partial charge in [-0.25, -0.2) is 0 Å². The van der Waals surface area contributed by atoms with Gasteiger partial charge in [-0.1, -0.05) is 12.1 Å². The number of aryl methyl sites for hydroxylation is 1. The number of carbonyl (C=O) groups excluding carboxylic acids is 1. The minimum atomic E-state index is -0.0678. The van der Waals surface area contributed by atoms with Gasteiger partial charge >= 0.3 is 0 Å². The number of rotatable bonds is 4. The fraction of sp³-hybridized carbons (Fsp3) is 0.200. The molecular weight excluding hydrogens is 240 g/mol. The maximum absolute atomic E-state index is 11.8. The van der Waals surface area contributed by atoms with E-state index in [2.05, 4.69) is 10.3 Å². The van der Waals surface area contributed by atoms with E-state index < -0.39 is 0 Å². The third-order valence-electron chi connectivity index (χ3n) is 2.89. The molecule has 0 saturated heterocycles. The first-order valence-electron chi connectivity index (χ1n) is 6.09. The molecule has 0 unspecified atom stereocenters. The molecule has 0 spiro atoms. The Bertz CT molecular complexity index is 582. The Balaban J connectivity index is 1.90. The molecule has 0 aliphatic carbocycles. The van der Waals surface area contributed by atoms with Gasteiger partial charge in [0.2, 0.25) is 5.91 Å². The van der Waals surface area contributed by atoms with Crippen LogP contribution in [-0.4, -0.2) is 16.0 Å². The highest BCUT2D eigenvalue weighted by molar-refractivity contribution is 5.78.